The van der Waals surface area contributed by atoms with Gasteiger partial charge in [0.15, 0.2) is 0 Å². The monoisotopic (exact) mass is 464 g/mol. The SMILES string of the molecule is CN1CCN(c2ccc(NC=C3C(=O)NC(=O)c4ccc(C=Cc5ccccc5)cc43)cc2)CC1. The van der Waals surface area contributed by atoms with Gasteiger partial charge in [-0.2, -0.15) is 0 Å². The van der Waals surface area contributed by atoms with E-state index in [0.29, 0.717) is 16.7 Å². The molecule has 6 heteroatoms. The van der Waals surface area contributed by atoms with Crippen LogP contribution >= 0.6 is 0 Å². The van der Waals surface area contributed by atoms with Gasteiger partial charge in [-0.05, 0) is 54.6 Å². The molecule has 0 aliphatic carbocycles. The quantitative estimate of drug-likeness (QED) is 0.334. The Morgan fingerprint density at radius 3 is 2.23 bits per heavy atom. The summed E-state index contributed by atoms with van der Waals surface area (Å²) in [4.78, 5) is 29.8. The number of carbonyl (C=O) groups excluding carboxylic acids is 2. The van der Waals surface area contributed by atoms with Gasteiger partial charge in [0.1, 0.15) is 0 Å². The second-order valence-corrected chi connectivity index (χ2v) is 8.87. The van der Waals surface area contributed by atoms with Crippen molar-refractivity contribution in [2.75, 3.05) is 43.4 Å². The molecule has 2 heterocycles. The highest BCUT2D eigenvalue weighted by Crippen LogP contribution is 2.27. The third-order valence-electron chi connectivity index (χ3n) is 6.44. The number of imide groups is 1. The molecular formula is C29H28N4O2. The molecule has 35 heavy (non-hydrogen) atoms. The first-order chi connectivity index (χ1) is 17.1. The summed E-state index contributed by atoms with van der Waals surface area (Å²) in [5, 5.41) is 5.68. The summed E-state index contributed by atoms with van der Waals surface area (Å²) in [6.07, 6.45) is 5.67. The Labute approximate surface area is 205 Å². The molecule has 2 aliphatic heterocycles. The summed E-state index contributed by atoms with van der Waals surface area (Å²) in [7, 11) is 2.15. The zero-order valence-corrected chi connectivity index (χ0v) is 19.7. The molecular weight excluding hydrogens is 436 g/mol. The minimum atomic E-state index is -0.409. The molecule has 0 aromatic heterocycles. The fourth-order valence-corrected chi connectivity index (χ4v) is 4.33. The van der Waals surface area contributed by atoms with Crippen molar-refractivity contribution in [2.45, 2.75) is 0 Å². The van der Waals surface area contributed by atoms with Crippen molar-refractivity contribution in [1.82, 2.24) is 10.2 Å². The Bertz CT molecular complexity index is 1290. The molecule has 0 spiro atoms. The van der Waals surface area contributed by atoms with Crippen LogP contribution in [0.15, 0.2) is 79.0 Å². The molecule has 2 N–H and O–H groups in total. The van der Waals surface area contributed by atoms with Gasteiger partial charge in [-0.1, -0.05) is 48.6 Å². The van der Waals surface area contributed by atoms with Crippen molar-refractivity contribution in [3.8, 4) is 0 Å². The lowest BCUT2D eigenvalue weighted by Gasteiger charge is -2.34. The summed E-state index contributed by atoms with van der Waals surface area (Å²) in [5.74, 6) is -0.787. The second kappa shape index (κ2) is 9.99. The summed E-state index contributed by atoms with van der Waals surface area (Å²) >= 11 is 0. The number of nitrogens with one attached hydrogen (secondary N) is 2. The zero-order valence-electron chi connectivity index (χ0n) is 19.7. The van der Waals surface area contributed by atoms with Crippen LogP contribution in [0.4, 0.5) is 11.4 Å². The van der Waals surface area contributed by atoms with Crippen molar-refractivity contribution in [2.24, 2.45) is 0 Å². The number of fused-ring (bicyclic) bond motifs is 1. The molecule has 6 nitrogen and oxygen atoms in total. The molecule has 0 unspecified atom stereocenters. The Morgan fingerprint density at radius 2 is 1.49 bits per heavy atom. The highest BCUT2D eigenvalue weighted by atomic mass is 16.2. The first kappa shape index (κ1) is 22.6. The predicted octanol–water partition coefficient (Wildman–Crippen LogP) is 4.33. The molecule has 0 radical (unpaired) electrons. The third-order valence-corrected chi connectivity index (χ3v) is 6.44. The van der Waals surface area contributed by atoms with Crippen molar-refractivity contribution in [3.63, 3.8) is 0 Å². The molecule has 3 aromatic carbocycles. The second-order valence-electron chi connectivity index (χ2n) is 8.87. The molecule has 0 atom stereocenters. The van der Waals surface area contributed by atoms with Crippen LogP contribution in [-0.4, -0.2) is 49.9 Å². The first-order valence-electron chi connectivity index (χ1n) is 11.8. The highest BCUT2D eigenvalue weighted by Gasteiger charge is 2.27. The lowest BCUT2D eigenvalue weighted by Crippen LogP contribution is -2.44. The van der Waals surface area contributed by atoms with Gasteiger partial charge in [-0.25, -0.2) is 0 Å². The van der Waals surface area contributed by atoms with Crippen molar-refractivity contribution in [3.05, 3.63) is 101 Å². The van der Waals surface area contributed by atoms with Crippen LogP contribution in [0.3, 0.4) is 0 Å². The number of amides is 2. The van der Waals surface area contributed by atoms with Gasteiger partial charge in [0.05, 0.1) is 5.57 Å². The number of piperazine rings is 1. The van der Waals surface area contributed by atoms with Crippen LogP contribution < -0.4 is 15.5 Å². The molecule has 0 bridgehead atoms. The number of hydrogen-bond donors (Lipinski definition) is 2. The van der Waals surface area contributed by atoms with E-state index in [4.69, 9.17) is 0 Å². The van der Waals surface area contributed by atoms with Gasteiger partial charge in [-0.3, -0.25) is 14.9 Å². The van der Waals surface area contributed by atoms with Crippen molar-refractivity contribution in [1.29, 1.82) is 0 Å². The van der Waals surface area contributed by atoms with Crippen LogP contribution in [0, 0.1) is 0 Å². The molecule has 176 valence electrons. The first-order valence-corrected chi connectivity index (χ1v) is 11.8. The van der Waals surface area contributed by atoms with Crippen LogP contribution in [0.5, 0.6) is 0 Å². The fourth-order valence-electron chi connectivity index (χ4n) is 4.33. The van der Waals surface area contributed by atoms with E-state index in [1.807, 2.05) is 66.7 Å². The third kappa shape index (κ3) is 5.18. The highest BCUT2D eigenvalue weighted by molar-refractivity contribution is 6.31. The topological polar surface area (TPSA) is 64.7 Å². The predicted molar refractivity (Wildman–Crippen MR) is 142 cm³/mol. The van der Waals surface area contributed by atoms with Gasteiger partial charge < -0.3 is 15.1 Å². The minimum Gasteiger partial charge on any atom is -0.369 e. The van der Waals surface area contributed by atoms with Crippen LogP contribution in [0.25, 0.3) is 17.7 Å². The maximum Gasteiger partial charge on any atom is 0.260 e. The number of anilines is 2. The largest absolute Gasteiger partial charge is 0.369 e. The molecule has 1 fully saturated rings. The smallest absolute Gasteiger partial charge is 0.260 e. The van der Waals surface area contributed by atoms with Gasteiger partial charge in [0.2, 0.25) is 0 Å². The summed E-state index contributed by atoms with van der Waals surface area (Å²) in [6, 6.07) is 23.7. The summed E-state index contributed by atoms with van der Waals surface area (Å²) in [6.45, 7) is 4.14. The average molecular weight is 465 g/mol. The summed E-state index contributed by atoms with van der Waals surface area (Å²) in [5.41, 5.74) is 5.60. The van der Waals surface area contributed by atoms with E-state index in [1.165, 1.54) is 5.69 Å². The van der Waals surface area contributed by atoms with E-state index in [0.717, 1.165) is 43.0 Å². The summed E-state index contributed by atoms with van der Waals surface area (Å²) < 4.78 is 0. The van der Waals surface area contributed by atoms with Gasteiger partial charge >= 0.3 is 0 Å². The molecule has 1 saturated heterocycles. The molecule has 5 rings (SSSR count). The Kier molecular flexibility index (Phi) is 6.46. The number of hydrogen-bond acceptors (Lipinski definition) is 5. The maximum absolute atomic E-state index is 12.7. The van der Waals surface area contributed by atoms with Gasteiger partial charge in [0, 0.05) is 54.9 Å². The van der Waals surface area contributed by atoms with Gasteiger partial charge in [0.25, 0.3) is 11.8 Å². The van der Waals surface area contributed by atoms with E-state index >= 15 is 0 Å². The van der Waals surface area contributed by atoms with E-state index in [-0.39, 0.29) is 5.91 Å². The Hall–Kier alpha value is -4.16. The number of nitrogens with zero attached hydrogens (tertiary/aromatic N) is 2. The number of rotatable bonds is 5. The Morgan fingerprint density at radius 1 is 0.771 bits per heavy atom. The fraction of sp³-hybridized carbons (Fsp3) is 0.172. The van der Waals surface area contributed by atoms with Crippen molar-refractivity contribution >= 4 is 40.9 Å². The van der Waals surface area contributed by atoms with Crippen molar-refractivity contribution < 1.29 is 9.59 Å². The van der Waals surface area contributed by atoms with Crippen LogP contribution in [-0.2, 0) is 4.79 Å². The number of likely N-dealkylation sites (N-methyl/N-ethyl adjacent to an activating group) is 1. The zero-order chi connectivity index (χ0) is 24.2. The maximum atomic E-state index is 12.7. The molecule has 2 amide bonds. The molecule has 2 aliphatic rings. The molecule has 0 saturated carbocycles. The van der Waals surface area contributed by atoms with Crippen LogP contribution in [0.1, 0.15) is 27.0 Å². The van der Waals surface area contributed by atoms with Gasteiger partial charge in [-0.15, -0.1) is 0 Å². The number of carbonyl (C=O) groups is 2. The number of benzene rings is 3. The lowest BCUT2D eigenvalue weighted by atomic mass is 9.93. The standard InChI is InChI=1S/C29H28N4O2/c1-32-15-17-33(18-16-32)24-12-10-23(11-13-24)30-20-27-26-19-22(8-7-21-5-3-2-4-6-21)9-14-25(26)28(34)31-29(27)35/h2-14,19-20,30H,15-18H2,1H3,(H,31,34,35). The van der Waals surface area contributed by atoms with Crippen LogP contribution in [0.2, 0.25) is 0 Å². The van der Waals surface area contributed by atoms with E-state index < -0.39 is 5.91 Å². The Balaban J connectivity index is 1.36. The molecule has 3 aromatic rings. The lowest BCUT2D eigenvalue weighted by molar-refractivity contribution is -0.114. The van der Waals surface area contributed by atoms with E-state index in [2.05, 4.69) is 39.6 Å². The van der Waals surface area contributed by atoms with E-state index in [1.54, 1.807) is 12.3 Å². The van der Waals surface area contributed by atoms with E-state index in [9.17, 15) is 9.59 Å². The normalized spacial score (nSPS) is 17.5. The minimum absolute atomic E-state index is 0.378. The average Bonchev–Trinajstić information content (AvgIpc) is 2.89.